The fourth-order valence-corrected chi connectivity index (χ4v) is 2.49. The summed E-state index contributed by atoms with van der Waals surface area (Å²) in [5, 5.41) is 24.4. The standard InChI is InChI=1S/C14H12N2O2/c17-13-11(9-5-1-3-7-15-9)14(18)12(13)10-6-2-4-8-16-10/h1-8,11-14H/q-2. The highest BCUT2D eigenvalue weighted by Crippen LogP contribution is 2.43. The highest BCUT2D eigenvalue weighted by molar-refractivity contribution is 5.28. The van der Waals surface area contributed by atoms with Crippen molar-refractivity contribution < 1.29 is 10.2 Å². The van der Waals surface area contributed by atoms with Gasteiger partial charge in [0, 0.05) is 23.8 Å². The molecule has 2 aromatic heterocycles. The summed E-state index contributed by atoms with van der Waals surface area (Å²) in [4.78, 5) is 8.22. The molecule has 1 fully saturated rings. The summed E-state index contributed by atoms with van der Waals surface area (Å²) >= 11 is 0. The Kier molecular flexibility index (Phi) is 2.81. The summed E-state index contributed by atoms with van der Waals surface area (Å²) in [6.45, 7) is 0. The van der Waals surface area contributed by atoms with Crippen molar-refractivity contribution in [2.45, 2.75) is 24.0 Å². The smallest absolute Gasteiger partial charge is 0.0413 e. The average molecular weight is 240 g/mol. The molecule has 1 saturated carbocycles. The Morgan fingerprint density at radius 1 is 0.722 bits per heavy atom. The first-order valence-corrected chi connectivity index (χ1v) is 5.92. The first kappa shape index (κ1) is 11.3. The number of hydrogen-bond donors (Lipinski definition) is 0. The number of aromatic nitrogens is 2. The van der Waals surface area contributed by atoms with Gasteiger partial charge in [0.2, 0.25) is 0 Å². The molecule has 1 aliphatic carbocycles. The van der Waals surface area contributed by atoms with E-state index in [2.05, 4.69) is 9.97 Å². The molecule has 1 aliphatic rings. The van der Waals surface area contributed by atoms with Crippen LogP contribution >= 0.6 is 0 Å². The van der Waals surface area contributed by atoms with Gasteiger partial charge in [-0.05, 0) is 36.1 Å². The molecule has 4 heteroatoms. The molecular formula is C14H12N2O2-2. The van der Waals surface area contributed by atoms with E-state index >= 15 is 0 Å². The molecule has 0 radical (unpaired) electrons. The van der Waals surface area contributed by atoms with Crippen molar-refractivity contribution in [1.29, 1.82) is 0 Å². The third-order valence-corrected chi connectivity index (χ3v) is 3.47. The van der Waals surface area contributed by atoms with E-state index in [0.29, 0.717) is 11.4 Å². The molecule has 92 valence electrons. The molecule has 2 aromatic rings. The first-order valence-electron chi connectivity index (χ1n) is 5.92. The largest absolute Gasteiger partial charge is 0.851 e. The van der Waals surface area contributed by atoms with Crippen molar-refractivity contribution in [3.63, 3.8) is 0 Å². The molecular weight excluding hydrogens is 228 g/mol. The predicted octanol–water partition coefficient (Wildman–Crippen LogP) is -0.185. The fraction of sp³-hybridized carbons (Fsp3) is 0.286. The number of nitrogens with zero attached hydrogens (tertiary/aromatic N) is 2. The molecule has 0 bridgehead atoms. The van der Waals surface area contributed by atoms with Gasteiger partial charge in [0.1, 0.15) is 0 Å². The Morgan fingerprint density at radius 2 is 1.17 bits per heavy atom. The molecule has 3 rings (SSSR count). The van der Waals surface area contributed by atoms with Gasteiger partial charge in [-0.15, -0.1) is 12.2 Å². The fourth-order valence-electron chi connectivity index (χ4n) is 2.49. The van der Waals surface area contributed by atoms with Gasteiger partial charge in [-0.1, -0.05) is 12.1 Å². The lowest BCUT2D eigenvalue weighted by atomic mass is 9.66. The third kappa shape index (κ3) is 1.70. The van der Waals surface area contributed by atoms with E-state index < -0.39 is 24.0 Å². The predicted molar refractivity (Wildman–Crippen MR) is 61.5 cm³/mol. The van der Waals surface area contributed by atoms with Gasteiger partial charge in [-0.2, -0.15) is 0 Å². The van der Waals surface area contributed by atoms with Crippen LogP contribution < -0.4 is 10.2 Å². The number of hydrogen-bond acceptors (Lipinski definition) is 4. The Bertz CT molecular complexity index is 460. The zero-order valence-corrected chi connectivity index (χ0v) is 9.64. The molecule has 0 unspecified atom stereocenters. The van der Waals surface area contributed by atoms with Crippen LogP contribution in [0, 0.1) is 0 Å². The Hall–Kier alpha value is -1.78. The second-order valence-corrected chi connectivity index (χ2v) is 4.49. The van der Waals surface area contributed by atoms with Crippen molar-refractivity contribution in [2.75, 3.05) is 0 Å². The van der Waals surface area contributed by atoms with E-state index in [4.69, 9.17) is 0 Å². The van der Waals surface area contributed by atoms with Crippen LogP contribution in [0.4, 0.5) is 0 Å². The normalized spacial score (nSPS) is 30.8. The van der Waals surface area contributed by atoms with Crippen LogP contribution in [0.5, 0.6) is 0 Å². The summed E-state index contributed by atoms with van der Waals surface area (Å²) in [6.07, 6.45) is 1.33. The highest BCUT2D eigenvalue weighted by Gasteiger charge is 2.39. The van der Waals surface area contributed by atoms with Crippen molar-refractivity contribution in [1.82, 2.24) is 9.97 Å². The maximum atomic E-state index is 12.2. The van der Waals surface area contributed by atoms with Crippen molar-refractivity contribution >= 4 is 0 Å². The lowest BCUT2D eigenvalue weighted by molar-refractivity contribution is -0.536. The molecule has 4 nitrogen and oxygen atoms in total. The molecule has 18 heavy (non-hydrogen) atoms. The molecule has 0 aromatic carbocycles. The van der Waals surface area contributed by atoms with Crippen LogP contribution in [-0.4, -0.2) is 22.2 Å². The zero-order chi connectivity index (χ0) is 12.5. The van der Waals surface area contributed by atoms with Gasteiger partial charge in [0.15, 0.2) is 0 Å². The first-order chi connectivity index (χ1) is 8.79. The Labute approximate surface area is 105 Å². The van der Waals surface area contributed by atoms with E-state index in [9.17, 15) is 10.2 Å². The molecule has 0 aliphatic heterocycles. The third-order valence-electron chi connectivity index (χ3n) is 3.47. The van der Waals surface area contributed by atoms with Crippen molar-refractivity contribution in [3.8, 4) is 0 Å². The quantitative estimate of drug-likeness (QED) is 0.729. The summed E-state index contributed by atoms with van der Waals surface area (Å²) in [7, 11) is 0. The van der Waals surface area contributed by atoms with E-state index in [1.807, 2.05) is 0 Å². The second-order valence-electron chi connectivity index (χ2n) is 4.49. The second kappa shape index (κ2) is 4.48. The summed E-state index contributed by atoms with van der Waals surface area (Å²) < 4.78 is 0. The molecule has 0 N–H and O–H groups in total. The summed E-state index contributed by atoms with van der Waals surface area (Å²) in [5.74, 6) is -1.09. The monoisotopic (exact) mass is 240 g/mol. The topological polar surface area (TPSA) is 71.9 Å². The minimum atomic E-state index is -0.947. The van der Waals surface area contributed by atoms with Crippen LogP contribution in [0.1, 0.15) is 23.2 Å². The van der Waals surface area contributed by atoms with Gasteiger partial charge >= 0.3 is 0 Å². The lowest BCUT2D eigenvalue weighted by Crippen LogP contribution is -2.64. The van der Waals surface area contributed by atoms with E-state index in [0.717, 1.165) is 0 Å². The van der Waals surface area contributed by atoms with Crippen LogP contribution in [0.2, 0.25) is 0 Å². The lowest BCUT2D eigenvalue weighted by Gasteiger charge is -2.60. The van der Waals surface area contributed by atoms with Crippen LogP contribution in [0.25, 0.3) is 0 Å². The van der Waals surface area contributed by atoms with Crippen molar-refractivity contribution in [3.05, 3.63) is 60.2 Å². The van der Waals surface area contributed by atoms with Gasteiger partial charge in [0.05, 0.1) is 0 Å². The molecule has 0 spiro atoms. The minimum Gasteiger partial charge on any atom is -0.851 e. The van der Waals surface area contributed by atoms with Crippen LogP contribution in [-0.2, 0) is 0 Å². The molecule has 0 saturated heterocycles. The summed E-state index contributed by atoms with van der Waals surface area (Å²) in [5.41, 5.74) is 1.20. The molecule has 0 amide bonds. The number of rotatable bonds is 2. The van der Waals surface area contributed by atoms with Crippen LogP contribution in [0.3, 0.4) is 0 Å². The minimum absolute atomic E-state index is 0.543. The van der Waals surface area contributed by atoms with Gasteiger partial charge in [0.25, 0.3) is 0 Å². The average Bonchev–Trinajstić information content (AvgIpc) is 2.41. The van der Waals surface area contributed by atoms with Gasteiger partial charge in [-0.3, -0.25) is 9.97 Å². The molecule has 2 heterocycles. The van der Waals surface area contributed by atoms with E-state index in [-0.39, 0.29) is 0 Å². The Morgan fingerprint density at radius 3 is 1.50 bits per heavy atom. The number of pyridine rings is 2. The maximum Gasteiger partial charge on any atom is 0.0413 e. The van der Waals surface area contributed by atoms with E-state index in [1.54, 1.807) is 48.8 Å². The van der Waals surface area contributed by atoms with Gasteiger partial charge < -0.3 is 10.2 Å². The SMILES string of the molecule is [O-]C1C(c2ccccn2)C([O-])C1c1ccccn1. The molecule has 0 atom stereocenters. The van der Waals surface area contributed by atoms with Crippen molar-refractivity contribution in [2.24, 2.45) is 0 Å². The highest BCUT2D eigenvalue weighted by atomic mass is 16.3. The van der Waals surface area contributed by atoms with E-state index in [1.165, 1.54) is 0 Å². The Balaban J connectivity index is 1.84. The van der Waals surface area contributed by atoms with Gasteiger partial charge in [-0.25, -0.2) is 0 Å². The van der Waals surface area contributed by atoms with Crippen LogP contribution in [0.15, 0.2) is 48.8 Å². The summed E-state index contributed by atoms with van der Waals surface area (Å²) in [6, 6.07) is 10.6. The zero-order valence-electron chi connectivity index (χ0n) is 9.64. The maximum absolute atomic E-state index is 12.2.